The molecule has 0 aliphatic heterocycles. The summed E-state index contributed by atoms with van der Waals surface area (Å²) < 4.78 is 55.0. The molecule has 270 valence electrons. The Morgan fingerprint density at radius 1 is 0.635 bits per heavy atom. The number of pyridine rings is 4. The van der Waals surface area contributed by atoms with Gasteiger partial charge in [-0.25, -0.2) is 36.4 Å². The Labute approximate surface area is 306 Å². The van der Waals surface area contributed by atoms with Crippen LogP contribution in [0.1, 0.15) is 43.2 Å². The number of nitrogens with zero attached hydrogens (tertiary/aromatic N) is 4. The molecule has 0 saturated heterocycles. The Hall–Kier alpha value is -5.31. The van der Waals surface area contributed by atoms with E-state index in [2.05, 4.69) is 24.7 Å². The Bertz CT molecular complexity index is 2480. The van der Waals surface area contributed by atoms with Crippen LogP contribution in [0.2, 0.25) is 0 Å². The highest BCUT2D eigenvalue weighted by Crippen LogP contribution is 2.20. The monoisotopic (exact) mass is 762 g/mol. The average Bonchev–Trinajstić information content (AvgIpc) is 3.13. The molecular weight excluding hydrogens is 728 g/mol. The highest BCUT2D eigenvalue weighted by molar-refractivity contribution is 7.90. The summed E-state index contributed by atoms with van der Waals surface area (Å²) >= 11 is 5.71. The number of benzene rings is 2. The van der Waals surface area contributed by atoms with Gasteiger partial charge >= 0.3 is 11.9 Å². The molecule has 6 rings (SSSR count). The van der Waals surface area contributed by atoms with Crippen LogP contribution in [0.3, 0.4) is 0 Å². The van der Waals surface area contributed by atoms with Crippen molar-refractivity contribution in [3.8, 4) is 0 Å². The molecule has 52 heavy (non-hydrogen) atoms. The van der Waals surface area contributed by atoms with Crippen LogP contribution in [0.4, 0.5) is 0 Å². The third kappa shape index (κ3) is 10.8. The number of halogens is 1. The van der Waals surface area contributed by atoms with Gasteiger partial charge in [0.1, 0.15) is 0 Å². The number of rotatable bonds is 7. The minimum absolute atomic E-state index is 0.0557. The van der Waals surface area contributed by atoms with E-state index in [-0.39, 0.29) is 16.0 Å². The van der Waals surface area contributed by atoms with Gasteiger partial charge in [0.25, 0.3) is 0 Å². The van der Waals surface area contributed by atoms with Crippen molar-refractivity contribution in [3.05, 3.63) is 131 Å². The minimum Gasteiger partial charge on any atom is -0.465 e. The van der Waals surface area contributed by atoms with E-state index < -0.39 is 25.6 Å². The molecule has 0 bridgehead atoms. The zero-order valence-corrected chi connectivity index (χ0v) is 31.3. The molecular formula is C37H35ClN4O8S2. The smallest absolute Gasteiger partial charge is 0.337 e. The molecule has 0 fully saturated rings. The molecule has 6 aromatic rings. The van der Waals surface area contributed by atoms with E-state index in [1.807, 2.05) is 31.2 Å². The highest BCUT2D eigenvalue weighted by Gasteiger charge is 2.12. The summed E-state index contributed by atoms with van der Waals surface area (Å²) in [5, 5.41) is 1.89. The lowest BCUT2D eigenvalue weighted by atomic mass is 10.1. The molecule has 0 aliphatic carbocycles. The molecule has 4 heterocycles. The Kier molecular flexibility index (Phi) is 13.1. The molecule has 0 N–H and O–H groups in total. The van der Waals surface area contributed by atoms with Crippen LogP contribution >= 0.6 is 11.6 Å². The second-order valence-corrected chi connectivity index (χ2v) is 15.6. The number of esters is 2. The fourth-order valence-electron chi connectivity index (χ4n) is 4.74. The average molecular weight is 763 g/mol. The van der Waals surface area contributed by atoms with E-state index >= 15 is 0 Å². The van der Waals surface area contributed by atoms with Crippen LogP contribution in [-0.2, 0) is 41.4 Å². The van der Waals surface area contributed by atoms with Gasteiger partial charge in [-0.1, -0.05) is 12.1 Å². The maximum Gasteiger partial charge on any atom is 0.337 e. The number of aryl methyl sites for hydroxylation is 1. The van der Waals surface area contributed by atoms with Crippen LogP contribution in [-0.4, -0.2) is 75.4 Å². The minimum atomic E-state index is -3.33. The molecule has 2 aromatic carbocycles. The first-order valence-corrected chi connectivity index (χ1v) is 19.7. The largest absolute Gasteiger partial charge is 0.465 e. The van der Waals surface area contributed by atoms with Gasteiger partial charge in [0, 0.05) is 59.4 Å². The van der Waals surface area contributed by atoms with E-state index in [1.165, 1.54) is 26.4 Å². The molecule has 0 saturated carbocycles. The molecule has 0 unspecified atom stereocenters. The third-order valence-corrected chi connectivity index (χ3v) is 9.59. The zero-order chi connectivity index (χ0) is 38.1. The molecule has 15 heteroatoms. The number of hydrogen-bond acceptors (Lipinski definition) is 12. The van der Waals surface area contributed by atoms with E-state index in [1.54, 1.807) is 60.9 Å². The second-order valence-electron chi connectivity index (χ2n) is 11.4. The Morgan fingerprint density at radius 3 is 1.60 bits per heavy atom. The SMILES string of the molecule is COC(=O)c1ccnc(C)c1.COC(=O)c1ccnc(Cc2ccc3nc(S(C)(=O)=O)ccc3c2)c1.CS(=O)(=O)c1ccc2cc(CCl)ccc2n1. The van der Waals surface area contributed by atoms with Gasteiger partial charge < -0.3 is 9.47 Å². The lowest BCUT2D eigenvalue weighted by molar-refractivity contribution is 0.0591. The van der Waals surface area contributed by atoms with E-state index in [0.29, 0.717) is 34.5 Å². The molecule has 4 aromatic heterocycles. The van der Waals surface area contributed by atoms with Crippen molar-refractivity contribution in [2.24, 2.45) is 0 Å². The predicted molar refractivity (Wildman–Crippen MR) is 198 cm³/mol. The number of ether oxygens (including phenoxy) is 2. The van der Waals surface area contributed by atoms with Crippen molar-refractivity contribution >= 4 is 65.0 Å². The number of fused-ring (bicyclic) bond motifs is 2. The summed E-state index contributed by atoms with van der Waals surface area (Å²) in [6.07, 6.45) is 5.97. The Balaban J connectivity index is 0.000000191. The maximum atomic E-state index is 11.6. The fourth-order valence-corrected chi connectivity index (χ4v) is 6.06. The number of methoxy groups -OCH3 is 2. The van der Waals surface area contributed by atoms with Gasteiger partial charge in [0.05, 0.1) is 36.4 Å². The van der Waals surface area contributed by atoms with Gasteiger partial charge in [-0.05, 0) is 90.8 Å². The molecule has 0 radical (unpaired) electrons. The fraction of sp³-hybridized carbons (Fsp3) is 0.189. The van der Waals surface area contributed by atoms with Crippen LogP contribution in [0, 0.1) is 6.92 Å². The molecule has 0 spiro atoms. The van der Waals surface area contributed by atoms with E-state index in [0.717, 1.165) is 45.8 Å². The summed E-state index contributed by atoms with van der Waals surface area (Å²) in [6, 6.07) is 24.2. The topological polar surface area (TPSA) is 172 Å². The summed E-state index contributed by atoms with van der Waals surface area (Å²) in [7, 11) is -3.88. The van der Waals surface area contributed by atoms with Crippen LogP contribution in [0.15, 0.2) is 107 Å². The first kappa shape index (κ1) is 39.5. The standard InChI is InChI=1S/C18H16N2O4S.C11H10ClNO2S.C8H9NO2/c1-24-18(21)14-7-8-19-15(11-14)10-12-3-5-16-13(9-12)4-6-17(20-16)25(2,22)23;1-16(14,15)11-5-3-9-6-8(7-12)2-4-10(9)13-11;1-6-5-7(3-4-9-6)8(10)11-2/h3-9,11H,10H2,1-2H3;2-6H,7H2,1H3;3-5H,1-2H3. The van der Waals surface area contributed by atoms with Crippen molar-refractivity contribution in [1.29, 1.82) is 0 Å². The first-order valence-electron chi connectivity index (χ1n) is 15.4. The molecule has 0 atom stereocenters. The van der Waals surface area contributed by atoms with Gasteiger partial charge in [0.2, 0.25) is 0 Å². The van der Waals surface area contributed by atoms with Gasteiger partial charge in [0.15, 0.2) is 29.7 Å². The van der Waals surface area contributed by atoms with Crippen molar-refractivity contribution < 1.29 is 35.9 Å². The zero-order valence-electron chi connectivity index (χ0n) is 28.9. The van der Waals surface area contributed by atoms with Crippen molar-refractivity contribution in [2.45, 2.75) is 29.3 Å². The highest BCUT2D eigenvalue weighted by atomic mass is 35.5. The summed E-state index contributed by atoms with van der Waals surface area (Å²) in [4.78, 5) is 39.0. The van der Waals surface area contributed by atoms with Gasteiger partial charge in [-0.2, -0.15) is 0 Å². The number of alkyl halides is 1. The summed E-state index contributed by atoms with van der Waals surface area (Å²) in [5.41, 5.74) is 5.79. The van der Waals surface area contributed by atoms with Crippen LogP contribution in [0.25, 0.3) is 21.8 Å². The van der Waals surface area contributed by atoms with E-state index in [9.17, 15) is 26.4 Å². The van der Waals surface area contributed by atoms with Gasteiger partial charge in [-0.3, -0.25) is 9.97 Å². The number of sulfone groups is 2. The normalized spacial score (nSPS) is 11.1. The number of aromatic nitrogens is 4. The third-order valence-electron chi connectivity index (χ3n) is 7.31. The summed E-state index contributed by atoms with van der Waals surface area (Å²) in [6.45, 7) is 1.83. The van der Waals surface area contributed by atoms with Crippen molar-refractivity contribution in [1.82, 2.24) is 19.9 Å². The molecule has 0 aliphatic rings. The van der Waals surface area contributed by atoms with E-state index in [4.69, 9.17) is 16.3 Å². The van der Waals surface area contributed by atoms with Crippen molar-refractivity contribution in [2.75, 3.05) is 26.7 Å². The quantitative estimate of drug-likeness (QED) is 0.138. The maximum absolute atomic E-state index is 11.6. The van der Waals surface area contributed by atoms with Crippen LogP contribution in [0.5, 0.6) is 0 Å². The lowest BCUT2D eigenvalue weighted by Gasteiger charge is -2.06. The van der Waals surface area contributed by atoms with Crippen LogP contribution < -0.4 is 0 Å². The number of carbonyl (C=O) groups excluding carboxylic acids is 2. The number of hydrogen-bond donors (Lipinski definition) is 0. The van der Waals surface area contributed by atoms with Gasteiger partial charge in [-0.15, -0.1) is 11.6 Å². The molecule has 12 nitrogen and oxygen atoms in total. The Morgan fingerprint density at radius 2 is 1.12 bits per heavy atom. The second kappa shape index (κ2) is 17.3. The predicted octanol–water partition coefficient (Wildman–Crippen LogP) is 5.96. The number of carbonyl (C=O) groups is 2. The first-order chi connectivity index (χ1) is 24.6. The lowest BCUT2D eigenvalue weighted by Crippen LogP contribution is -2.03. The van der Waals surface area contributed by atoms with Crippen molar-refractivity contribution in [3.63, 3.8) is 0 Å². The molecule has 0 amide bonds. The summed E-state index contributed by atoms with van der Waals surface area (Å²) in [5.74, 6) is -0.292.